The van der Waals surface area contributed by atoms with Crippen LogP contribution in [0.15, 0.2) is 24.3 Å². The summed E-state index contributed by atoms with van der Waals surface area (Å²) in [6, 6.07) is 7.88. The van der Waals surface area contributed by atoms with E-state index in [0.717, 1.165) is 30.8 Å². The van der Waals surface area contributed by atoms with Crippen LogP contribution in [0.25, 0.3) is 0 Å². The molecule has 20 heavy (non-hydrogen) atoms. The summed E-state index contributed by atoms with van der Waals surface area (Å²) in [6.45, 7) is 5.91. The van der Waals surface area contributed by atoms with Gasteiger partial charge in [-0.2, -0.15) is 0 Å². The summed E-state index contributed by atoms with van der Waals surface area (Å²) in [5, 5.41) is 6.37. The van der Waals surface area contributed by atoms with Crippen LogP contribution in [-0.4, -0.2) is 19.0 Å². The number of nitrogens with two attached hydrogens (primary N) is 1. The van der Waals surface area contributed by atoms with Crippen LogP contribution in [0.3, 0.4) is 0 Å². The Morgan fingerprint density at radius 3 is 2.65 bits per heavy atom. The number of carbonyl (C=O) groups excluding carboxylic acids is 1. The molecule has 1 saturated carbocycles. The van der Waals surface area contributed by atoms with E-state index in [1.54, 1.807) is 0 Å². The van der Waals surface area contributed by atoms with Crippen LogP contribution in [0.1, 0.15) is 26.7 Å². The molecule has 1 aromatic rings. The lowest BCUT2D eigenvalue weighted by Crippen LogP contribution is -2.27. The molecule has 0 radical (unpaired) electrons. The third-order valence-electron chi connectivity index (χ3n) is 3.89. The number of carbonyl (C=O) groups is 1. The summed E-state index contributed by atoms with van der Waals surface area (Å²) in [7, 11) is 0. The predicted octanol–water partition coefficient (Wildman–Crippen LogP) is 2.68. The molecule has 0 heterocycles. The first-order chi connectivity index (χ1) is 9.60. The zero-order valence-electron chi connectivity index (χ0n) is 12.4. The molecule has 2 rings (SSSR count). The van der Waals surface area contributed by atoms with Crippen LogP contribution in [0, 0.1) is 17.8 Å². The maximum Gasteiger partial charge on any atom is 0.227 e. The molecule has 0 bridgehead atoms. The number of rotatable bonds is 7. The van der Waals surface area contributed by atoms with Crippen molar-refractivity contribution in [3.63, 3.8) is 0 Å². The van der Waals surface area contributed by atoms with E-state index in [1.807, 2.05) is 24.3 Å². The third kappa shape index (κ3) is 4.23. The molecule has 1 fully saturated rings. The second-order valence-electron chi connectivity index (χ2n) is 5.97. The first-order valence-corrected chi connectivity index (χ1v) is 7.45. The Labute approximate surface area is 121 Å². The van der Waals surface area contributed by atoms with Crippen LogP contribution in [-0.2, 0) is 4.79 Å². The minimum atomic E-state index is 0.143. The standard InChI is InChI=1S/C16H25N3O/c1-11(2)13(9-17)10-18-14-4-3-5-15(8-14)19-16(20)12-6-7-12/h3-5,8,11-13,18H,6-7,9-10,17H2,1-2H3,(H,19,20). The molecule has 0 aromatic heterocycles. The summed E-state index contributed by atoms with van der Waals surface area (Å²) < 4.78 is 0. The minimum absolute atomic E-state index is 0.143. The first kappa shape index (κ1) is 14.9. The molecule has 4 heteroatoms. The highest BCUT2D eigenvalue weighted by atomic mass is 16.2. The Hall–Kier alpha value is -1.55. The van der Waals surface area contributed by atoms with Crippen molar-refractivity contribution in [1.82, 2.24) is 0 Å². The fourth-order valence-electron chi connectivity index (χ4n) is 2.14. The lowest BCUT2D eigenvalue weighted by molar-refractivity contribution is -0.117. The average Bonchev–Trinajstić information content (AvgIpc) is 3.23. The van der Waals surface area contributed by atoms with Crippen molar-refractivity contribution in [3.8, 4) is 0 Å². The lowest BCUT2D eigenvalue weighted by Gasteiger charge is -2.20. The van der Waals surface area contributed by atoms with Gasteiger partial charge in [0, 0.05) is 23.8 Å². The van der Waals surface area contributed by atoms with E-state index < -0.39 is 0 Å². The van der Waals surface area contributed by atoms with Gasteiger partial charge in [-0.05, 0) is 49.4 Å². The number of nitrogens with one attached hydrogen (secondary N) is 2. The van der Waals surface area contributed by atoms with Crippen molar-refractivity contribution in [1.29, 1.82) is 0 Å². The van der Waals surface area contributed by atoms with Crippen molar-refractivity contribution in [2.75, 3.05) is 23.7 Å². The summed E-state index contributed by atoms with van der Waals surface area (Å²) in [6.07, 6.45) is 2.05. The second-order valence-corrected chi connectivity index (χ2v) is 5.97. The quantitative estimate of drug-likeness (QED) is 0.716. The molecule has 4 nitrogen and oxygen atoms in total. The van der Waals surface area contributed by atoms with E-state index in [9.17, 15) is 4.79 Å². The van der Waals surface area contributed by atoms with Gasteiger partial charge in [0.1, 0.15) is 0 Å². The van der Waals surface area contributed by atoms with E-state index in [4.69, 9.17) is 5.73 Å². The zero-order valence-corrected chi connectivity index (χ0v) is 12.4. The average molecular weight is 275 g/mol. The van der Waals surface area contributed by atoms with Gasteiger partial charge in [-0.3, -0.25) is 4.79 Å². The highest BCUT2D eigenvalue weighted by Crippen LogP contribution is 2.30. The third-order valence-corrected chi connectivity index (χ3v) is 3.89. The fraction of sp³-hybridized carbons (Fsp3) is 0.562. The number of amides is 1. The van der Waals surface area contributed by atoms with Gasteiger partial charge in [0.2, 0.25) is 5.91 Å². The normalized spacial score (nSPS) is 16.0. The molecule has 1 aliphatic rings. The summed E-state index contributed by atoms with van der Waals surface area (Å²) >= 11 is 0. The SMILES string of the molecule is CC(C)C(CN)CNc1cccc(NC(=O)C2CC2)c1. The van der Waals surface area contributed by atoms with Crippen LogP contribution >= 0.6 is 0 Å². The summed E-state index contributed by atoms with van der Waals surface area (Å²) in [5.41, 5.74) is 7.66. The molecule has 0 aliphatic heterocycles. The Morgan fingerprint density at radius 2 is 2.05 bits per heavy atom. The van der Waals surface area contributed by atoms with Crippen LogP contribution < -0.4 is 16.4 Å². The second kappa shape index (κ2) is 6.75. The van der Waals surface area contributed by atoms with Gasteiger partial charge in [0.15, 0.2) is 0 Å². The Bertz CT molecular complexity index is 455. The lowest BCUT2D eigenvalue weighted by atomic mass is 9.96. The monoisotopic (exact) mass is 275 g/mol. The molecule has 1 aliphatic carbocycles. The predicted molar refractivity (Wildman–Crippen MR) is 83.7 cm³/mol. The van der Waals surface area contributed by atoms with E-state index in [0.29, 0.717) is 18.4 Å². The van der Waals surface area contributed by atoms with Gasteiger partial charge < -0.3 is 16.4 Å². The molecule has 1 amide bonds. The van der Waals surface area contributed by atoms with Crippen LogP contribution in [0.2, 0.25) is 0 Å². The van der Waals surface area contributed by atoms with Crippen molar-refractivity contribution >= 4 is 17.3 Å². The molecule has 4 N–H and O–H groups in total. The van der Waals surface area contributed by atoms with Crippen LogP contribution in [0.5, 0.6) is 0 Å². The Morgan fingerprint density at radius 1 is 1.35 bits per heavy atom. The summed E-state index contributed by atoms with van der Waals surface area (Å²) in [5.74, 6) is 1.39. The zero-order chi connectivity index (χ0) is 14.5. The van der Waals surface area contributed by atoms with E-state index in [2.05, 4.69) is 24.5 Å². The van der Waals surface area contributed by atoms with Crippen LogP contribution in [0.4, 0.5) is 11.4 Å². The van der Waals surface area contributed by atoms with Crippen molar-refractivity contribution in [2.45, 2.75) is 26.7 Å². The van der Waals surface area contributed by atoms with E-state index in [-0.39, 0.29) is 11.8 Å². The first-order valence-electron chi connectivity index (χ1n) is 7.45. The Balaban J connectivity index is 1.90. The Kier molecular flexibility index (Phi) is 5.01. The molecule has 0 saturated heterocycles. The number of anilines is 2. The maximum absolute atomic E-state index is 11.7. The highest BCUT2D eigenvalue weighted by Gasteiger charge is 2.29. The van der Waals surface area contributed by atoms with Gasteiger partial charge in [-0.25, -0.2) is 0 Å². The largest absolute Gasteiger partial charge is 0.385 e. The van der Waals surface area contributed by atoms with Gasteiger partial charge in [0.25, 0.3) is 0 Å². The van der Waals surface area contributed by atoms with Crippen molar-refractivity contribution < 1.29 is 4.79 Å². The van der Waals surface area contributed by atoms with Gasteiger partial charge in [0.05, 0.1) is 0 Å². The molecule has 0 spiro atoms. The van der Waals surface area contributed by atoms with Gasteiger partial charge in [-0.1, -0.05) is 19.9 Å². The smallest absolute Gasteiger partial charge is 0.227 e. The van der Waals surface area contributed by atoms with Gasteiger partial charge in [-0.15, -0.1) is 0 Å². The number of hydrogen-bond acceptors (Lipinski definition) is 3. The van der Waals surface area contributed by atoms with E-state index in [1.165, 1.54) is 0 Å². The molecule has 110 valence electrons. The topological polar surface area (TPSA) is 67.2 Å². The van der Waals surface area contributed by atoms with Crippen molar-refractivity contribution in [2.24, 2.45) is 23.5 Å². The number of hydrogen-bond donors (Lipinski definition) is 3. The molecule has 1 aromatic carbocycles. The molecule has 1 atom stereocenters. The molecular weight excluding hydrogens is 250 g/mol. The fourth-order valence-corrected chi connectivity index (χ4v) is 2.14. The summed E-state index contributed by atoms with van der Waals surface area (Å²) in [4.78, 5) is 11.7. The molecular formula is C16H25N3O. The highest BCUT2D eigenvalue weighted by molar-refractivity contribution is 5.94. The van der Waals surface area contributed by atoms with Crippen molar-refractivity contribution in [3.05, 3.63) is 24.3 Å². The maximum atomic E-state index is 11.7. The van der Waals surface area contributed by atoms with Gasteiger partial charge >= 0.3 is 0 Å². The molecule has 1 unspecified atom stereocenters. The number of benzene rings is 1. The minimum Gasteiger partial charge on any atom is -0.385 e. The van der Waals surface area contributed by atoms with E-state index >= 15 is 0 Å².